The first-order chi connectivity index (χ1) is 23.8. The normalized spacial score (nSPS) is 11.3. The third-order valence-electron chi connectivity index (χ3n) is 8.65. The molecular weight excluding hydrogens is 590 g/mol. The lowest BCUT2D eigenvalue weighted by Crippen LogP contribution is -2.14. The van der Waals surface area contributed by atoms with Crippen LogP contribution in [0.4, 0.5) is 34.1 Å². The fraction of sp³-hybridized carbons (Fsp3) is 0. The molecule has 0 aliphatic heterocycles. The number of nitrogens with zero attached hydrogens (tertiary/aromatic N) is 3. The smallest absolute Gasteiger partial charge is 0.227 e. The van der Waals surface area contributed by atoms with Crippen molar-refractivity contribution in [2.45, 2.75) is 0 Å². The highest BCUT2D eigenvalue weighted by molar-refractivity contribution is 6.11. The zero-order valence-corrected chi connectivity index (χ0v) is 25.9. The molecule has 228 valence electrons. The molecule has 2 heterocycles. The average Bonchev–Trinajstić information content (AvgIpc) is 3.76. The number of oxazole rings is 1. The van der Waals surface area contributed by atoms with Crippen molar-refractivity contribution in [2.24, 2.45) is 0 Å². The van der Waals surface area contributed by atoms with E-state index in [1.54, 1.807) is 0 Å². The second-order valence-corrected chi connectivity index (χ2v) is 11.6. The minimum Gasteiger partial charge on any atom is -0.454 e. The molecule has 0 amide bonds. The molecule has 0 fully saturated rings. The highest BCUT2D eigenvalue weighted by Crippen LogP contribution is 2.47. The molecular formula is C43H29N3O2. The number of fused-ring (bicyclic) bond motifs is 4. The van der Waals surface area contributed by atoms with Crippen LogP contribution in [0.25, 0.3) is 44.5 Å². The number of furan rings is 1. The van der Waals surface area contributed by atoms with Crippen LogP contribution in [0.5, 0.6) is 0 Å². The predicted molar refractivity (Wildman–Crippen MR) is 196 cm³/mol. The van der Waals surface area contributed by atoms with Gasteiger partial charge in [0.15, 0.2) is 11.2 Å². The van der Waals surface area contributed by atoms with E-state index in [1.165, 1.54) is 0 Å². The van der Waals surface area contributed by atoms with E-state index in [4.69, 9.17) is 13.8 Å². The molecule has 0 aliphatic carbocycles. The molecule has 0 bridgehead atoms. The van der Waals surface area contributed by atoms with Crippen LogP contribution in [0.1, 0.15) is 0 Å². The molecule has 0 spiro atoms. The number of hydrogen-bond acceptors (Lipinski definition) is 5. The summed E-state index contributed by atoms with van der Waals surface area (Å²) in [6, 6.07) is 60.0. The molecule has 0 saturated carbocycles. The van der Waals surface area contributed by atoms with Crippen molar-refractivity contribution in [3.05, 3.63) is 176 Å². The zero-order valence-electron chi connectivity index (χ0n) is 25.9. The number of rotatable bonds is 7. The summed E-state index contributed by atoms with van der Waals surface area (Å²) in [4.78, 5) is 9.65. The number of para-hydroxylation sites is 5. The molecule has 48 heavy (non-hydrogen) atoms. The molecule has 9 aromatic rings. The summed E-state index contributed by atoms with van der Waals surface area (Å²) in [7, 11) is 0. The summed E-state index contributed by atoms with van der Waals surface area (Å²) >= 11 is 0. The number of benzene rings is 7. The Bertz CT molecular complexity index is 2470. The van der Waals surface area contributed by atoms with E-state index in [2.05, 4.69) is 119 Å². The van der Waals surface area contributed by atoms with Gasteiger partial charge in [-0.3, -0.25) is 0 Å². The lowest BCUT2D eigenvalue weighted by atomic mass is 10.1. The molecule has 7 aromatic carbocycles. The maximum Gasteiger partial charge on any atom is 0.227 e. The van der Waals surface area contributed by atoms with E-state index in [-0.39, 0.29) is 0 Å². The minimum atomic E-state index is 0.560. The molecule has 0 saturated heterocycles. The van der Waals surface area contributed by atoms with Crippen molar-refractivity contribution in [3.8, 4) is 11.5 Å². The topological polar surface area (TPSA) is 45.7 Å². The molecule has 5 nitrogen and oxygen atoms in total. The number of hydrogen-bond donors (Lipinski definition) is 0. The quantitative estimate of drug-likeness (QED) is 0.178. The summed E-state index contributed by atoms with van der Waals surface area (Å²) < 4.78 is 13.2. The van der Waals surface area contributed by atoms with Gasteiger partial charge in [-0.1, -0.05) is 103 Å². The molecule has 0 atom stereocenters. The summed E-state index contributed by atoms with van der Waals surface area (Å²) in [5, 5.41) is 2.13. The van der Waals surface area contributed by atoms with Gasteiger partial charge in [-0.25, -0.2) is 4.98 Å². The lowest BCUT2D eigenvalue weighted by Gasteiger charge is -2.29. The van der Waals surface area contributed by atoms with Crippen LogP contribution in [-0.2, 0) is 0 Å². The van der Waals surface area contributed by atoms with Gasteiger partial charge in [-0.2, -0.15) is 0 Å². The summed E-state index contributed by atoms with van der Waals surface area (Å²) in [5.41, 5.74) is 9.72. The van der Waals surface area contributed by atoms with E-state index in [1.807, 2.05) is 66.7 Å². The van der Waals surface area contributed by atoms with Gasteiger partial charge >= 0.3 is 0 Å². The molecule has 0 aliphatic rings. The first kappa shape index (κ1) is 27.7. The summed E-state index contributed by atoms with van der Waals surface area (Å²) in [6.45, 7) is 0. The van der Waals surface area contributed by atoms with Gasteiger partial charge in [0.1, 0.15) is 11.1 Å². The largest absolute Gasteiger partial charge is 0.454 e. The van der Waals surface area contributed by atoms with Gasteiger partial charge in [0, 0.05) is 39.5 Å². The van der Waals surface area contributed by atoms with Crippen LogP contribution in [0.2, 0.25) is 0 Å². The van der Waals surface area contributed by atoms with Crippen LogP contribution in [-0.4, -0.2) is 4.98 Å². The van der Waals surface area contributed by atoms with E-state index >= 15 is 0 Å². The van der Waals surface area contributed by atoms with Gasteiger partial charge in [0.25, 0.3) is 0 Å². The van der Waals surface area contributed by atoms with Crippen LogP contribution >= 0.6 is 0 Å². The van der Waals surface area contributed by atoms with E-state index < -0.39 is 0 Å². The van der Waals surface area contributed by atoms with Crippen molar-refractivity contribution in [1.82, 2.24) is 4.98 Å². The fourth-order valence-corrected chi connectivity index (χ4v) is 6.50. The Kier molecular flexibility index (Phi) is 6.72. The maximum atomic E-state index is 6.63. The lowest BCUT2D eigenvalue weighted by molar-refractivity contribution is 0.620. The maximum absolute atomic E-state index is 6.63. The Hall–Kier alpha value is -6.59. The van der Waals surface area contributed by atoms with Crippen molar-refractivity contribution in [1.29, 1.82) is 0 Å². The zero-order chi connectivity index (χ0) is 31.9. The SMILES string of the molecule is c1ccc(-c2nc3c(N(c4ccccc4)c4cccc5c4oc4ccccc45)cc(N(c4ccccc4)c4ccccc4)cc3o2)cc1. The van der Waals surface area contributed by atoms with Gasteiger partial charge in [-0.15, -0.1) is 0 Å². The highest BCUT2D eigenvalue weighted by atomic mass is 16.3. The Morgan fingerprint density at radius 1 is 0.396 bits per heavy atom. The van der Waals surface area contributed by atoms with Gasteiger partial charge < -0.3 is 18.6 Å². The predicted octanol–water partition coefficient (Wildman–Crippen LogP) is 12.3. The number of aromatic nitrogens is 1. The van der Waals surface area contributed by atoms with E-state index in [0.717, 1.165) is 67.1 Å². The average molecular weight is 620 g/mol. The van der Waals surface area contributed by atoms with Crippen molar-refractivity contribution >= 4 is 67.2 Å². The standard InChI is InChI=1S/C43H29N3O2/c1-5-16-30(17-6-1)43-44-41-38(28-34(29-40(41)48-43)45(31-18-7-2-8-19-31)32-20-9-3-10-21-32)46(33-22-11-4-12-23-33)37-26-15-25-36-35-24-13-14-27-39(35)47-42(36)37/h1-29H. The molecule has 5 heteroatoms. The van der Waals surface area contributed by atoms with Crippen molar-refractivity contribution in [3.63, 3.8) is 0 Å². The summed E-state index contributed by atoms with van der Waals surface area (Å²) in [6.07, 6.45) is 0. The van der Waals surface area contributed by atoms with Crippen molar-refractivity contribution < 1.29 is 8.83 Å². The third-order valence-corrected chi connectivity index (χ3v) is 8.65. The van der Waals surface area contributed by atoms with Gasteiger partial charge in [-0.05, 0) is 66.7 Å². The van der Waals surface area contributed by atoms with Crippen LogP contribution < -0.4 is 9.80 Å². The van der Waals surface area contributed by atoms with Gasteiger partial charge in [0.2, 0.25) is 5.89 Å². The fourth-order valence-electron chi connectivity index (χ4n) is 6.50. The number of anilines is 6. The van der Waals surface area contributed by atoms with Gasteiger partial charge in [0.05, 0.1) is 17.1 Å². The Balaban J connectivity index is 1.37. The minimum absolute atomic E-state index is 0.560. The van der Waals surface area contributed by atoms with E-state index in [9.17, 15) is 0 Å². The second kappa shape index (κ2) is 11.6. The molecule has 2 aromatic heterocycles. The Labute approximate surface area is 277 Å². The summed E-state index contributed by atoms with van der Waals surface area (Å²) in [5.74, 6) is 0.560. The van der Waals surface area contributed by atoms with E-state index in [0.29, 0.717) is 11.5 Å². The van der Waals surface area contributed by atoms with Crippen LogP contribution in [0, 0.1) is 0 Å². The Morgan fingerprint density at radius 2 is 0.958 bits per heavy atom. The molecule has 0 N–H and O–H groups in total. The monoisotopic (exact) mass is 619 g/mol. The van der Waals surface area contributed by atoms with Crippen LogP contribution in [0.3, 0.4) is 0 Å². The Morgan fingerprint density at radius 3 is 1.62 bits per heavy atom. The first-order valence-corrected chi connectivity index (χ1v) is 16.0. The second-order valence-electron chi connectivity index (χ2n) is 11.6. The highest BCUT2D eigenvalue weighted by Gasteiger charge is 2.26. The van der Waals surface area contributed by atoms with Crippen LogP contribution in [0.15, 0.2) is 185 Å². The van der Waals surface area contributed by atoms with Crippen molar-refractivity contribution in [2.75, 3.05) is 9.80 Å². The molecule has 0 radical (unpaired) electrons. The molecule has 0 unspecified atom stereocenters. The molecule has 9 rings (SSSR count). The first-order valence-electron chi connectivity index (χ1n) is 16.0. The third kappa shape index (κ3) is 4.77.